The van der Waals surface area contributed by atoms with E-state index in [0.717, 1.165) is 21.3 Å². The second kappa shape index (κ2) is 15.3. The molecule has 1 aliphatic rings. The van der Waals surface area contributed by atoms with Crippen molar-refractivity contribution in [2.45, 2.75) is 30.2 Å². The zero-order valence-corrected chi connectivity index (χ0v) is 27.3. The van der Waals surface area contributed by atoms with E-state index in [1.165, 1.54) is 12.3 Å². The van der Waals surface area contributed by atoms with Gasteiger partial charge in [-0.3, -0.25) is 9.36 Å². The molecule has 5 aromatic rings. The molecule has 0 bridgehead atoms. The Labute approximate surface area is 287 Å². The lowest BCUT2D eigenvalue weighted by Crippen LogP contribution is -2.39. The minimum Gasteiger partial charge on any atom is -0.497 e. The number of aromatic nitrogens is 2. The molecule has 50 heavy (non-hydrogen) atoms. The van der Waals surface area contributed by atoms with Gasteiger partial charge in [0.1, 0.15) is 40.9 Å². The number of benzene rings is 4. The number of para-hydroxylation sites is 1. The van der Waals surface area contributed by atoms with Crippen LogP contribution in [0.4, 0.5) is 10.2 Å². The van der Waals surface area contributed by atoms with Gasteiger partial charge in [-0.25, -0.2) is 9.18 Å². The Balaban J connectivity index is 1.23. The summed E-state index contributed by atoms with van der Waals surface area (Å²) in [5.41, 5.74) is 0.118. The van der Waals surface area contributed by atoms with Crippen LogP contribution >= 0.6 is 0 Å². The number of alkyl halides is 1. The third kappa shape index (κ3) is 7.22. The van der Waals surface area contributed by atoms with Crippen LogP contribution in [0.1, 0.15) is 22.9 Å². The number of methoxy groups -OCH3 is 2. The first kappa shape index (κ1) is 34.3. The molecule has 0 saturated carbocycles. The van der Waals surface area contributed by atoms with Gasteiger partial charge >= 0.3 is 5.69 Å². The lowest BCUT2D eigenvalue weighted by molar-refractivity contribution is -0.118. The summed E-state index contributed by atoms with van der Waals surface area (Å²) in [7, 11) is 3.16. The van der Waals surface area contributed by atoms with Gasteiger partial charge in [-0.2, -0.15) is 4.98 Å². The summed E-state index contributed by atoms with van der Waals surface area (Å²) < 4.78 is 45.6. The number of carbonyl (C=O) groups excluding carboxylic acids is 1. The van der Waals surface area contributed by atoms with Crippen LogP contribution < -0.4 is 25.2 Å². The summed E-state index contributed by atoms with van der Waals surface area (Å²) in [6.07, 6.45) is -5.05. The molecule has 1 aliphatic heterocycles. The molecule has 11 nitrogen and oxygen atoms in total. The Bertz CT molecular complexity index is 1880. The van der Waals surface area contributed by atoms with Crippen LogP contribution in [0.25, 0.3) is 0 Å². The number of halogens is 1. The number of carbonyl (C=O) groups is 1. The van der Waals surface area contributed by atoms with Crippen molar-refractivity contribution in [3.8, 4) is 17.2 Å². The topological polar surface area (TPSA) is 130 Å². The molecule has 1 amide bonds. The molecule has 1 fully saturated rings. The fraction of sp³-hybridized carbons (Fsp3) is 0.237. The molecule has 2 heterocycles. The van der Waals surface area contributed by atoms with E-state index in [4.69, 9.17) is 23.7 Å². The molecule has 1 aromatic heterocycles. The Hall–Kier alpha value is -5.56. The van der Waals surface area contributed by atoms with Gasteiger partial charge in [0.05, 0.1) is 20.8 Å². The van der Waals surface area contributed by atoms with Gasteiger partial charge in [-0.1, -0.05) is 72.8 Å². The molecule has 0 spiro atoms. The van der Waals surface area contributed by atoms with E-state index in [9.17, 15) is 14.7 Å². The molecular weight excluding hydrogens is 645 g/mol. The van der Waals surface area contributed by atoms with Crippen molar-refractivity contribution in [1.82, 2.24) is 9.55 Å². The van der Waals surface area contributed by atoms with E-state index in [-0.39, 0.29) is 19.0 Å². The highest BCUT2D eigenvalue weighted by Gasteiger charge is 2.48. The van der Waals surface area contributed by atoms with Crippen LogP contribution in [0.2, 0.25) is 0 Å². The number of hydrogen-bond acceptors (Lipinski definition) is 9. The van der Waals surface area contributed by atoms with E-state index in [1.54, 1.807) is 38.5 Å². The molecule has 2 N–H and O–H groups in total. The summed E-state index contributed by atoms with van der Waals surface area (Å²) in [5.74, 6) is 1.21. The van der Waals surface area contributed by atoms with E-state index < -0.39 is 41.8 Å². The SMILES string of the molecule is COc1ccc(C(OC[C@H]2O[C@@H](n3ccc(NC(=O)COc4ccccc4)nc3=O)[C@H](F)[C@@H]2O)(c2ccccc2)c2ccc(OC)cc2)cc1. The molecule has 6 rings (SSSR count). The maximum absolute atomic E-state index is 15.7. The van der Waals surface area contributed by atoms with Crippen LogP contribution in [0.15, 0.2) is 126 Å². The highest BCUT2D eigenvalue weighted by Crippen LogP contribution is 2.43. The lowest BCUT2D eigenvalue weighted by atomic mass is 9.80. The maximum Gasteiger partial charge on any atom is 0.351 e. The number of rotatable bonds is 13. The minimum absolute atomic E-state index is 0.0478. The normalized spacial score (nSPS) is 18.7. The molecule has 12 heteroatoms. The number of aliphatic hydroxyl groups is 1. The largest absolute Gasteiger partial charge is 0.497 e. The predicted octanol–water partition coefficient (Wildman–Crippen LogP) is 4.88. The van der Waals surface area contributed by atoms with Gasteiger partial charge in [0.15, 0.2) is 19.0 Å². The van der Waals surface area contributed by atoms with Gasteiger partial charge in [0.25, 0.3) is 5.91 Å². The average Bonchev–Trinajstić information content (AvgIpc) is 3.44. The first-order valence-electron chi connectivity index (χ1n) is 15.9. The van der Waals surface area contributed by atoms with Gasteiger partial charge in [0, 0.05) is 6.20 Å². The van der Waals surface area contributed by atoms with Gasteiger partial charge in [-0.15, -0.1) is 0 Å². The maximum atomic E-state index is 15.7. The van der Waals surface area contributed by atoms with Crippen LogP contribution in [-0.4, -0.2) is 66.4 Å². The number of aliphatic hydroxyl groups excluding tert-OH is 1. The Morgan fingerprint density at radius 3 is 1.96 bits per heavy atom. The third-order valence-corrected chi connectivity index (χ3v) is 8.42. The van der Waals surface area contributed by atoms with Gasteiger partial charge < -0.3 is 34.1 Å². The van der Waals surface area contributed by atoms with Crippen LogP contribution in [0.5, 0.6) is 17.2 Å². The number of ether oxygens (including phenoxy) is 5. The number of nitrogens with zero attached hydrogens (tertiary/aromatic N) is 2. The van der Waals surface area contributed by atoms with Crippen molar-refractivity contribution in [2.75, 3.05) is 32.8 Å². The van der Waals surface area contributed by atoms with Crippen LogP contribution in [0.3, 0.4) is 0 Å². The smallest absolute Gasteiger partial charge is 0.351 e. The van der Waals surface area contributed by atoms with Crippen LogP contribution in [0, 0.1) is 0 Å². The molecule has 4 atom stereocenters. The number of hydrogen-bond donors (Lipinski definition) is 2. The van der Waals surface area contributed by atoms with Gasteiger partial charge in [0.2, 0.25) is 0 Å². The average molecular weight is 682 g/mol. The second-order valence-electron chi connectivity index (χ2n) is 11.5. The molecule has 0 radical (unpaired) electrons. The molecule has 4 aromatic carbocycles. The Morgan fingerprint density at radius 1 is 0.840 bits per heavy atom. The summed E-state index contributed by atoms with van der Waals surface area (Å²) in [6, 6.07) is 34.4. The van der Waals surface area contributed by atoms with Crippen molar-refractivity contribution in [3.05, 3.63) is 149 Å². The summed E-state index contributed by atoms with van der Waals surface area (Å²) in [4.78, 5) is 29.3. The second-order valence-corrected chi connectivity index (χ2v) is 11.5. The Morgan fingerprint density at radius 2 is 1.40 bits per heavy atom. The van der Waals surface area contributed by atoms with Crippen molar-refractivity contribution in [2.24, 2.45) is 0 Å². The number of nitrogens with one attached hydrogen (secondary N) is 1. The molecule has 1 saturated heterocycles. The zero-order valence-electron chi connectivity index (χ0n) is 27.3. The highest BCUT2D eigenvalue weighted by molar-refractivity contribution is 5.90. The molecule has 0 aliphatic carbocycles. The molecule has 0 unspecified atom stereocenters. The fourth-order valence-corrected chi connectivity index (χ4v) is 5.87. The number of amides is 1. The standard InChI is InChI=1S/C38H36FN3O8/c1-46-28-17-13-26(14-18-28)38(25-9-5-3-6-10-25,27-15-19-29(47-2)20-16-27)49-23-31-35(44)34(39)36(50-31)42-22-21-32(41-37(42)45)40-33(43)24-48-30-11-7-4-8-12-30/h3-22,31,34-36,44H,23-24H2,1-2H3,(H,40,41,43,45)/t31-,34-,35-,36-/m1/s1. The predicted molar refractivity (Wildman–Crippen MR) is 182 cm³/mol. The van der Waals surface area contributed by atoms with Crippen molar-refractivity contribution in [3.63, 3.8) is 0 Å². The summed E-state index contributed by atoms with van der Waals surface area (Å²) >= 11 is 0. The first-order valence-corrected chi connectivity index (χ1v) is 15.9. The van der Waals surface area contributed by atoms with Crippen molar-refractivity contribution in [1.29, 1.82) is 0 Å². The van der Waals surface area contributed by atoms with Crippen molar-refractivity contribution >= 4 is 11.7 Å². The van der Waals surface area contributed by atoms with E-state index in [2.05, 4.69) is 10.3 Å². The number of anilines is 1. The van der Waals surface area contributed by atoms with E-state index in [1.807, 2.05) is 84.9 Å². The molecular formula is C38H36FN3O8. The highest BCUT2D eigenvalue weighted by atomic mass is 19.1. The van der Waals surface area contributed by atoms with Crippen LogP contribution in [-0.2, 0) is 19.9 Å². The monoisotopic (exact) mass is 681 g/mol. The van der Waals surface area contributed by atoms with E-state index >= 15 is 4.39 Å². The Kier molecular flexibility index (Phi) is 10.5. The fourth-order valence-electron chi connectivity index (χ4n) is 5.87. The van der Waals surface area contributed by atoms with E-state index in [0.29, 0.717) is 17.2 Å². The molecule has 258 valence electrons. The summed E-state index contributed by atoms with van der Waals surface area (Å²) in [5, 5.41) is 13.5. The lowest BCUT2D eigenvalue weighted by Gasteiger charge is -2.37. The van der Waals surface area contributed by atoms with Crippen molar-refractivity contribution < 1.29 is 38.0 Å². The van der Waals surface area contributed by atoms with Gasteiger partial charge in [-0.05, 0) is 59.2 Å². The first-order chi connectivity index (χ1) is 24.3. The minimum atomic E-state index is -1.99. The third-order valence-electron chi connectivity index (χ3n) is 8.42. The quantitative estimate of drug-likeness (QED) is 0.167. The zero-order chi connectivity index (χ0) is 35.1. The summed E-state index contributed by atoms with van der Waals surface area (Å²) in [6.45, 7) is -0.568.